The molecular weight excluding hydrogens is 365 g/mol. The number of ether oxygens (including phenoxy) is 1. The lowest BCUT2D eigenvalue weighted by molar-refractivity contribution is -0.0866. The van der Waals surface area contributed by atoms with Crippen LogP contribution in [0, 0.1) is 23.2 Å². The summed E-state index contributed by atoms with van der Waals surface area (Å²) in [5.74, 6) is 2.14. The van der Waals surface area contributed by atoms with Crippen LogP contribution >= 0.6 is 7.14 Å². The van der Waals surface area contributed by atoms with Crippen molar-refractivity contribution in [3.05, 3.63) is 60.7 Å². The van der Waals surface area contributed by atoms with Gasteiger partial charge in [0.1, 0.15) is 13.7 Å². The first kappa shape index (κ1) is 18.2. The topological polar surface area (TPSA) is 38.7 Å². The van der Waals surface area contributed by atoms with Gasteiger partial charge in [0.25, 0.3) is 0 Å². The summed E-state index contributed by atoms with van der Waals surface area (Å²) in [6.07, 6.45) is 2.19. The summed E-state index contributed by atoms with van der Waals surface area (Å²) in [5.41, 5.74) is 0.333. The second-order valence-electron chi connectivity index (χ2n) is 9.09. The molecule has 146 valence electrons. The molecule has 0 spiro atoms. The number of hydrogen-bond donors (Lipinski definition) is 0. The summed E-state index contributed by atoms with van der Waals surface area (Å²) in [7, 11) is -2.83. The molecule has 0 radical (unpaired) electrons. The average Bonchev–Trinajstić information content (AvgIpc) is 3.28. The van der Waals surface area contributed by atoms with Gasteiger partial charge < -0.3 is 9.30 Å². The van der Waals surface area contributed by atoms with Crippen LogP contribution in [0.15, 0.2) is 65.7 Å². The maximum atomic E-state index is 15.0. The Kier molecular flexibility index (Phi) is 4.28. The van der Waals surface area contributed by atoms with E-state index in [1.807, 2.05) is 60.7 Å². The van der Waals surface area contributed by atoms with Crippen molar-refractivity contribution in [1.29, 1.82) is 0 Å². The van der Waals surface area contributed by atoms with Crippen LogP contribution in [0.3, 0.4) is 0 Å². The van der Waals surface area contributed by atoms with Gasteiger partial charge in [-0.25, -0.2) is 0 Å². The molecule has 3 fully saturated rings. The molecular formula is C24H28NO2P. The third-order valence-corrected chi connectivity index (χ3v) is 11.2. The maximum Gasteiger partial charge on any atom is 0.187 e. The van der Waals surface area contributed by atoms with E-state index in [1.165, 1.54) is 6.42 Å². The zero-order valence-corrected chi connectivity index (χ0v) is 17.5. The minimum atomic E-state index is -2.83. The number of benzene rings is 2. The lowest BCUT2D eigenvalue weighted by Crippen LogP contribution is -2.60. The Bertz CT molecular complexity index is 894. The first-order valence-electron chi connectivity index (χ1n) is 10.4. The van der Waals surface area contributed by atoms with E-state index in [-0.39, 0.29) is 17.0 Å². The molecule has 0 amide bonds. The van der Waals surface area contributed by atoms with E-state index in [4.69, 9.17) is 9.73 Å². The Balaban J connectivity index is 1.67. The molecule has 3 nitrogen and oxygen atoms in total. The van der Waals surface area contributed by atoms with Gasteiger partial charge in [0.15, 0.2) is 5.90 Å². The number of nitrogens with zero attached hydrogens (tertiary/aromatic N) is 1. The molecule has 4 heteroatoms. The largest absolute Gasteiger partial charge is 0.479 e. The molecule has 2 aromatic carbocycles. The second kappa shape index (κ2) is 6.59. The molecule has 0 unspecified atom stereocenters. The number of aliphatic imine (C=N–C) groups is 1. The molecule has 1 aliphatic heterocycles. The average molecular weight is 393 g/mol. The second-order valence-corrected chi connectivity index (χ2v) is 12.1. The van der Waals surface area contributed by atoms with Gasteiger partial charge in [0, 0.05) is 22.2 Å². The van der Waals surface area contributed by atoms with Crippen molar-refractivity contribution >= 4 is 23.6 Å². The van der Waals surface area contributed by atoms with Gasteiger partial charge in [0.2, 0.25) is 0 Å². The fraction of sp³-hybridized carbons (Fsp3) is 0.458. The maximum absolute atomic E-state index is 15.0. The summed E-state index contributed by atoms with van der Waals surface area (Å²) in [6, 6.07) is 20.2. The van der Waals surface area contributed by atoms with Crippen molar-refractivity contribution in [2.75, 3.05) is 13.2 Å². The van der Waals surface area contributed by atoms with Crippen molar-refractivity contribution < 1.29 is 9.30 Å². The van der Waals surface area contributed by atoms with Crippen molar-refractivity contribution in [2.24, 2.45) is 28.2 Å². The van der Waals surface area contributed by atoms with Gasteiger partial charge in [0.05, 0.1) is 6.54 Å². The van der Waals surface area contributed by atoms with Gasteiger partial charge in [-0.3, -0.25) is 4.99 Å². The lowest BCUT2D eigenvalue weighted by atomic mass is 9.45. The third kappa shape index (κ3) is 2.55. The molecule has 0 saturated heterocycles. The summed E-state index contributed by atoms with van der Waals surface area (Å²) in [4.78, 5) is 4.72. The van der Waals surface area contributed by atoms with E-state index in [2.05, 4.69) is 13.8 Å². The molecule has 3 aliphatic carbocycles. The molecule has 0 N–H and O–H groups in total. The molecule has 2 bridgehead atoms. The van der Waals surface area contributed by atoms with E-state index in [0.29, 0.717) is 18.4 Å². The summed E-state index contributed by atoms with van der Waals surface area (Å²) in [6.45, 7) is 6.15. The van der Waals surface area contributed by atoms with Crippen LogP contribution in [0.5, 0.6) is 0 Å². The van der Waals surface area contributed by atoms with Crippen LogP contribution < -0.4 is 10.6 Å². The summed E-state index contributed by atoms with van der Waals surface area (Å²) >= 11 is 0. The predicted molar refractivity (Wildman–Crippen MR) is 115 cm³/mol. The van der Waals surface area contributed by atoms with Crippen LogP contribution in [-0.2, 0) is 9.30 Å². The monoisotopic (exact) mass is 393 g/mol. The van der Waals surface area contributed by atoms with Crippen molar-refractivity contribution in [2.45, 2.75) is 32.3 Å². The molecule has 28 heavy (non-hydrogen) atoms. The van der Waals surface area contributed by atoms with Gasteiger partial charge in [-0.2, -0.15) is 0 Å². The normalized spacial score (nSPS) is 30.9. The molecule has 6 rings (SSSR count). The summed E-state index contributed by atoms with van der Waals surface area (Å²) in [5, 5.41) is 1.93. The Morgan fingerprint density at radius 2 is 1.57 bits per heavy atom. The minimum Gasteiger partial charge on any atom is -0.479 e. The van der Waals surface area contributed by atoms with E-state index in [1.54, 1.807) is 0 Å². The molecule has 2 aromatic rings. The van der Waals surface area contributed by atoms with Crippen LogP contribution in [-0.4, -0.2) is 24.7 Å². The van der Waals surface area contributed by atoms with Crippen molar-refractivity contribution in [1.82, 2.24) is 0 Å². The Labute approximate surface area is 167 Å². The molecule has 3 saturated carbocycles. The van der Waals surface area contributed by atoms with E-state index in [9.17, 15) is 0 Å². The van der Waals surface area contributed by atoms with Gasteiger partial charge in [-0.05, 0) is 30.1 Å². The van der Waals surface area contributed by atoms with E-state index in [0.717, 1.165) is 29.5 Å². The molecule has 4 aliphatic rings. The zero-order chi connectivity index (χ0) is 19.4. The highest BCUT2D eigenvalue weighted by atomic mass is 31.2. The van der Waals surface area contributed by atoms with E-state index < -0.39 is 7.14 Å². The Morgan fingerprint density at radius 3 is 2.07 bits per heavy atom. The SMILES string of the molecule is CC1(C)[C@@H]2C[C@H]1[C@H](C1=NCCO1)[C@@H](P(=O)(c1ccccc1)c1ccccc1)C2. The smallest absolute Gasteiger partial charge is 0.187 e. The van der Waals surface area contributed by atoms with Crippen molar-refractivity contribution in [3.63, 3.8) is 0 Å². The number of fused-ring (bicyclic) bond motifs is 2. The molecule has 0 aromatic heterocycles. The van der Waals surface area contributed by atoms with Crippen LogP contribution in [0.2, 0.25) is 0 Å². The highest BCUT2D eigenvalue weighted by Crippen LogP contribution is 2.69. The van der Waals surface area contributed by atoms with Gasteiger partial charge in [-0.1, -0.05) is 74.5 Å². The van der Waals surface area contributed by atoms with Gasteiger partial charge >= 0.3 is 0 Å². The minimum absolute atomic E-state index is 0.0610. The standard InChI is InChI=1S/C24H28NO2P/c1-24(2)17-15-20(24)22(23-25-13-14-27-23)21(16-17)28(26,18-9-5-3-6-10-18)19-11-7-4-8-12-19/h3-12,17,20-22H,13-16H2,1-2H3/t17-,20+,21+,22+/m1/s1. The van der Waals surface area contributed by atoms with Gasteiger partial charge in [-0.15, -0.1) is 0 Å². The van der Waals surface area contributed by atoms with Crippen molar-refractivity contribution in [3.8, 4) is 0 Å². The molecule has 1 heterocycles. The quantitative estimate of drug-likeness (QED) is 0.719. The fourth-order valence-corrected chi connectivity index (χ4v) is 9.50. The van der Waals surface area contributed by atoms with E-state index >= 15 is 4.57 Å². The van der Waals surface area contributed by atoms with Crippen LogP contribution in [0.1, 0.15) is 26.7 Å². The van der Waals surface area contributed by atoms with Crippen LogP contribution in [0.25, 0.3) is 0 Å². The zero-order valence-electron chi connectivity index (χ0n) is 16.6. The number of hydrogen-bond acceptors (Lipinski definition) is 3. The number of rotatable bonds is 4. The summed E-state index contributed by atoms with van der Waals surface area (Å²) < 4.78 is 21.0. The third-order valence-electron chi connectivity index (χ3n) is 7.56. The fourth-order valence-electron chi connectivity index (χ4n) is 5.87. The Hall–Kier alpha value is -1.86. The predicted octanol–water partition coefficient (Wildman–Crippen LogP) is 4.48. The lowest BCUT2D eigenvalue weighted by Gasteiger charge is -2.63. The molecule has 4 atom stereocenters. The highest BCUT2D eigenvalue weighted by molar-refractivity contribution is 7.79. The Morgan fingerprint density at radius 1 is 0.964 bits per heavy atom. The van der Waals surface area contributed by atoms with Crippen LogP contribution in [0.4, 0.5) is 0 Å². The first-order chi connectivity index (χ1) is 13.5. The highest BCUT2D eigenvalue weighted by Gasteiger charge is 2.63. The first-order valence-corrected chi connectivity index (χ1v) is 12.2.